The maximum Gasteiger partial charge on any atom is 0.0577 e. The molecule has 5 atom stereocenters. The monoisotopic (exact) mass is 290 g/mol. The first-order valence-corrected chi connectivity index (χ1v) is 9.26. The summed E-state index contributed by atoms with van der Waals surface area (Å²) in [5.74, 6) is 2.60. The predicted octanol–water partition coefficient (Wildman–Crippen LogP) is 5.34. The maximum absolute atomic E-state index is 10.0. The van der Waals surface area contributed by atoms with Gasteiger partial charge in [-0.05, 0) is 67.1 Å². The Morgan fingerprint density at radius 3 is 2.57 bits per heavy atom. The van der Waals surface area contributed by atoms with E-state index in [9.17, 15) is 5.11 Å². The molecule has 0 aromatic carbocycles. The van der Waals surface area contributed by atoms with Crippen molar-refractivity contribution in [1.82, 2.24) is 0 Å². The first-order chi connectivity index (χ1) is 9.88. The number of allylic oxidation sites excluding steroid dienone is 1. The average molecular weight is 290 g/mol. The van der Waals surface area contributed by atoms with Crippen molar-refractivity contribution in [2.75, 3.05) is 0 Å². The fraction of sp³-hybridized carbons (Fsp3) is 0.900. The van der Waals surface area contributed by atoms with E-state index >= 15 is 0 Å². The zero-order valence-electron chi connectivity index (χ0n) is 14.5. The Bertz CT molecular complexity index is 422. The Labute approximate surface area is 131 Å². The van der Waals surface area contributed by atoms with Crippen molar-refractivity contribution in [2.45, 2.75) is 85.2 Å². The molecular weight excluding hydrogens is 256 g/mol. The van der Waals surface area contributed by atoms with Gasteiger partial charge in [0.15, 0.2) is 0 Å². The Kier molecular flexibility index (Phi) is 4.01. The Balaban J connectivity index is 1.91. The molecule has 5 unspecified atom stereocenters. The summed E-state index contributed by atoms with van der Waals surface area (Å²) < 4.78 is 0. The van der Waals surface area contributed by atoms with Gasteiger partial charge >= 0.3 is 0 Å². The van der Waals surface area contributed by atoms with Crippen LogP contribution in [0, 0.1) is 28.6 Å². The minimum absolute atomic E-state index is 0.0821. The summed E-state index contributed by atoms with van der Waals surface area (Å²) in [5, 5.41) is 10.0. The second kappa shape index (κ2) is 5.41. The van der Waals surface area contributed by atoms with Crippen LogP contribution in [0.4, 0.5) is 0 Å². The number of hydrogen-bond acceptors (Lipinski definition) is 1. The molecule has 0 radical (unpaired) electrons. The quantitative estimate of drug-likeness (QED) is 0.681. The SMILES string of the molecule is CCC1C(C2CCCC2(C)C)CC=C2CC(O)CCC21C. The Morgan fingerprint density at radius 2 is 1.95 bits per heavy atom. The van der Waals surface area contributed by atoms with Crippen LogP contribution < -0.4 is 0 Å². The van der Waals surface area contributed by atoms with E-state index in [1.54, 1.807) is 5.57 Å². The summed E-state index contributed by atoms with van der Waals surface area (Å²) in [6.07, 6.45) is 12.4. The molecule has 3 aliphatic carbocycles. The molecule has 1 heteroatoms. The standard InChI is InChI=1S/C20H34O/c1-5-17-16(18-7-6-11-19(18,2)3)9-8-14-13-15(21)10-12-20(14,17)4/h8,15-18,21H,5-7,9-13H2,1-4H3. The largest absolute Gasteiger partial charge is 0.393 e. The lowest BCUT2D eigenvalue weighted by Crippen LogP contribution is -2.45. The third kappa shape index (κ3) is 2.50. The van der Waals surface area contributed by atoms with Crippen molar-refractivity contribution in [1.29, 1.82) is 0 Å². The van der Waals surface area contributed by atoms with E-state index in [-0.39, 0.29) is 6.10 Å². The second-order valence-corrected chi connectivity index (χ2v) is 8.95. The number of hydrogen-bond donors (Lipinski definition) is 1. The van der Waals surface area contributed by atoms with Gasteiger partial charge in [0.1, 0.15) is 0 Å². The van der Waals surface area contributed by atoms with Crippen LogP contribution in [-0.4, -0.2) is 11.2 Å². The van der Waals surface area contributed by atoms with E-state index in [2.05, 4.69) is 33.8 Å². The molecule has 0 aromatic rings. The molecular formula is C20H34O. The molecule has 2 fully saturated rings. The molecule has 0 amide bonds. The van der Waals surface area contributed by atoms with Gasteiger partial charge in [0.25, 0.3) is 0 Å². The van der Waals surface area contributed by atoms with Crippen LogP contribution in [0.1, 0.15) is 79.1 Å². The second-order valence-electron chi connectivity index (χ2n) is 8.95. The lowest BCUT2D eigenvalue weighted by atomic mass is 9.52. The fourth-order valence-corrected chi connectivity index (χ4v) is 6.22. The molecule has 0 bridgehead atoms. The van der Waals surface area contributed by atoms with Crippen molar-refractivity contribution in [3.63, 3.8) is 0 Å². The summed E-state index contributed by atoms with van der Waals surface area (Å²) in [7, 11) is 0. The van der Waals surface area contributed by atoms with Gasteiger partial charge in [0.05, 0.1) is 6.10 Å². The lowest BCUT2D eigenvalue weighted by molar-refractivity contribution is 0.0118. The summed E-state index contributed by atoms with van der Waals surface area (Å²) >= 11 is 0. The third-order valence-corrected chi connectivity index (χ3v) is 7.45. The molecule has 0 aromatic heterocycles. The van der Waals surface area contributed by atoms with E-state index < -0.39 is 0 Å². The van der Waals surface area contributed by atoms with Crippen LogP contribution in [0.3, 0.4) is 0 Å². The molecule has 21 heavy (non-hydrogen) atoms. The number of fused-ring (bicyclic) bond motifs is 1. The van der Waals surface area contributed by atoms with Crippen molar-refractivity contribution in [3.05, 3.63) is 11.6 Å². The lowest BCUT2D eigenvalue weighted by Gasteiger charge is -2.53. The zero-order chi connectivity index (χ0) is 15.3. The molecule has 3 aliphatic rings. The van der Waals surface area contributed by atoms with Crippen molar-refractivity contribution in [3.8, 4) is 0 Å². The third-order valence-electron chi connectivity index (χ3n) is 7.45. The molecule has 0 spiro atoms. The van der Waals surface area contributed by atoms with E-state index in [1.165, 1.54) is 38.5 Å². The zero-order valence-corrected chi connectivity index (χ0v) is 14.5. The molecule has 3 rings (SSSR count). The molecule has 1 N–H and O–H groups in total. The van der Waals surface area contributed by atoms with Crippen LogP contribution in [0.2, 0.25) is 0 Å². The summed E-state index contributed by atoms with van der Waals surface area (Å²) in [6, 6.07) is 0. The molecule has 0 aliphatic heterocycles. The van der Waals surface area contributed by atoms with E-state index in [0.717, 1.165) is 30.6 Å². The first kappa shape index (κ1) is 15.6. The Morgan fingerprint density at radius 1 is 1.19 bits per heavy atom. The molecule has 120 valence electrons. The normalized spacial score (nSPS) is 46.0. The highest BCUT2D eigenvalue weighted by molar-refractivity contribution is 5.23. The summed E-state index contributed by atoms with van der Waals surface area (Å²) in [6.45, 7) is 9.92. The molecule has 2 saturated carbocycles. The summed E-state index contributed by atoms with van der Waals surface area (Å²) in [5.41, 5.74) is 2.49. The minimum Gasteiger partial charge on any atom is -0.393 e. The van der Waals surface area contributed by atoms with E-state index in [4.69, 9.17) is 0 Å². The van der Waals surface area contributed by atoms with Crippen molar-refractivity contribution >= 4 is 0 Å². The molecule has 0 saturated heterocycles. The highest BCUT2D eigenvalue weighted by atomic mass is 16.3. The van der Waals surface area contributed by atoms with Gasteiger partial charge in [-0.2, -0.15) is 0 Å². The van der Waals surface area contributed by atoms with Gasteiger partial charge in [-0.15, -0.1) is 0 Å². The van der Waals surface area contributed by atoms with Gasteiger partial charge in [-0.1, -0.05) is 52.2 Å². The van der Waals surface area contributed by atoms with Gasteiger partial charge in [-0.25, -0.2) is 0 Å². The minimum atomic E-state index is -0.0821. The van der Waals surface area contributed by atoms with Gasteiger partial charge in [0.2, 0.25) is 0 Å². The van der Waals surface area contributed by atoms with Gasteiger partial charge < -0.3 is 5.11 Å². The topological polar surface area (TPSA) is 20.2 Å². The van der Waals surface area contributed by atoms with Crippen molar-refractivity contribution in [2.24, 2.45) is 28.6 Å². The van der Waals surface area contributed by atoms with Crippen LogP contribution in [0.15, 0.2) is 11.6 Å². The average Bonchev–Trinajstić information content (AvgIpc) is 2.78. The van der Waals surface area contributed by atoms with Crippen LogP contribution >= 0.6 is 0 Å². The van der Waals surface area contributed by atoms with E-state index in [0.29, 0.717) is 10.8 Å². The maximum atomic E-state index is 10.0. The van der Waals surface area contributed by atoms with Gasteiger partial charge in [-0.3, -0.25) is 0 Å². The molecule has 1 nitrogen and oxygen atoms in total. The summed E-state index contributed by atoms with van der Waals surface area (Å²) in [4.78, 5) is 0. The van der Waals surface area contributed by atoms with Crippen LogP contribution in [0.25, 0.3) is 0 Å². The van der Waals surface area contributed by atoms with E-state index in [1.807, 2.05) is 0 Å². The van der Waals surface area contributed by atoms with Crippen LogP contribution in [0.5, 0.6) is 0 Å². The number of aliphatic hydroxyl groups is 1. The number of aliphatic hydroxyl groups excluding tert-OH is 1. The smallest absolute Gasteiger partial charge is 0.0577 e. The fourth-order valence-electron chi connectivity index (χ4n) is 6.22. The first-order valence-electron chi connectivity index (χ1n) is 9.26. The van der Waals surface area contributed by atoms with Crippen LogP contribution in [-0.2, 0) is 0 Å². The number of rotatable bonds is 2. The van der Waals surface area contributed by atoms with Gasteiger partial charge in [0, 0.05) is 0 Å². The highest BCUT2D eigenvalue weighted by Crippen LogP contribution is 2.59. The molecule has 0 heterocycles. The highest BCUT2D eigenvalue weighted by Gasteiger charge is 2.50. The predicted molar refractivity (Wildman–Crippen MR) is 89.1 cm³/mol. The van der Waals surface area contributed by atoms with Crippen molar-refractivity contribution < 1.29 is 5.11 Å². The Hall–Kier alpha value is -0.300.